The van der Waals surface area contributed by atoms with Crippen molar-refractivity contribution in [2.45, 2.75) is 31.7 Å². The number of benzene rings is 1. The molecule has 160 valence electrons. The highest BCUT2D eigenvalue weighted by Crippen LogP contribution is 2.30. The summed E-state index contributed by atoms with van der Waals surface area (Å²) in [5.74, 6) is -0.146. The van der Waals surface area contributed by atoms with Crippen molar-refractivity contribution in [1.82, 2.24) is 0 Å². The Bertz CT molecular complexity index is 670. The summed E-state index contributed by atoms with van der Waals surface area (Å²) in [6, 6.07) is 9.75. The van der Waals surface area contributed by atoms with Gasteiger partial charge in [0.15, 0.2) is 0 Å². The average Bonchev–Trinajstić information content (AvgIpc) is 2.72. The molecule has 0 saturated carbocycles. The quantitative estimate of drug-likeness (QED) is 0.275. The van der Waals surface area contributed by atoms with Gasteiger partial charge in [0.1, 0.15) is 13.2 Å². The number of piperidine rings is 1. The van der Waals surface area contributed by atoms with Crippen molar-refractivity contribution in [3.8, 4) is 0 Å². The summed E-state index contributed by atoms with van der Waals surface area (Å²) >= 11 is 0. The maximum Gasteiger partial charge on any atom is 0.370 e. The Morgan fingerprint density at radius 1 is 0.966 bits per heavy atom. The first-order valence-electron chi connectivity index (χ1n) is 11.1. The fraction of sp³-hybridized carbons (Fsp3) is 0.625. The van der Waals surface area contributed by atoms with E-state index in [4.69, 9.17) is 9.47 Å². The lowest BCUT2D eigenvalue weighted by molar-refractivity contribution is -0.926. The smallest absolute Gasteiger partial charge is 0.370 e. The third kappa shape index (κ3) is 6.14. The molecule has 29 heavy (non-hydrogen) atoms. The summed E-state index contributed by atoms with van der Waals surface area (Å²) in [5.41, 5.74) is 1.03. The predicted molar refractivity (Wildman–Crippen MR) is 115 cm³/mol. The molecule has 0 radical (unpaired) electrons. The number of likely N-dealkylation sites (N-methyl/N-ethyl adjacent to an activating group) is 2. The molecule has 1 aromatic rings. The molecule has 2 heterocycles. The van der Waals surface area contributed by atoms with Gasteiger partial charge in [0, 0.05) is 12.0 Å². The van der Waals surface area contributed by atoms with Crippen molar-refractivity contribution < 1.29 is 23.2 Å². The summed E-state index contributed by atoms with van der Waals surface area (Å²) in [5, 5.41) is 0. The van der Waals surface area contributed by atoms with Crippen LogP contribution in [0.5, 0.6) is 0 Å². The van der Waals surface area contributed by atoms with E-state index in [2.05, 4.69) is 26.2 Å². The number of carbonyl (C=O) groups excluding carboxylic acids is 1. The highest BCUT2D eigenvalue weighted by Gasteiger charge is 2.40. The summed E-state index contributed by atoms with van der Waals surface area (Å²) in [6.07, 6.45) is 9.38. The van der Waals surface area contributed by atoms with Crippen LogP contribution in [0.25, 0.3) is 0 Å². The van der Waals surface area contributed by atoms with Crippen LogP contribution in [0, 0.1) is 0 Å². The van der Waals surface area contributed by atoms with Crippen molar-refractivity contribution >= 4 is 5.97 Å². The van der Waals surface area contributed by atoms with E-state index in [-0.39, 0.29) is 12.0 Å². The largest absolute Gasteiger partial charge is 0.459 e. The highest BCUT2D eigenvalue weighted by atomic mass is 16.6. The van der Waals surface area contributed by atoms with Gasteiger partial charge in [0.05, 0.1) is 53.5 Å². The Hall–Kier alpha value is -1.69. The lowest BCUT2D eigenvalue weighted by Gasteiger charge is -2.41. The molecule has 2 aliphatic heterocycles. The van der Waals surface area contributed by atoms with Gasteiger partial charge in [-0.2, -0.15) is 0 Å². The second kappa shape index (κ2) is 10.4. The maximum atomic E-state index is 13.1. The Kier molecular flexibility index (Phi) is 7.87. The first-order chi connectivity index (χ1) is 14.0. The van der Waals surface area contributed by atoms with Gasteiger partial charge in [-0.25, -0.2) is 4.79 Å². The molecule has 0 bridgehead atoms. The molecule has 0 amide bonds. The molecule has 5 heteroatoms. The molecule has 5 nitrogen and oxygen atoms in total. The zero-order valence-electron chi connectivity index (χ0n) is 18.2. The molecule has 2 atom stereocenters. The van der Waals surface area contributed by atoms with Crippen LogP contribution in [-0.4, -0.2) is 81.6 Å². The number of carbonyl (C=O) groups is 1. The normalized spacial score (nSPS) is 24.8. The number of esters is 1. The fourth-order valence-electron chi connectivity index (χ4n) is 4.68. The van der Waals surface area contributed by atoms with E-state index in [1.807, 2.05) is 30.3 Å². The van der Waals surface area contributed by atoms with Gasteiger partial charge in [0.2, 0.25) is 6.04 Å². The van der Waals surface area contributed by atoms with Crippen LogP contribution in [0.3, 0.4) is 0 Å². The molecular formula is C24H38N2O3+2. The second-order valence-electron chi connectivity index (χ2n) is 9.09. The van der Waals surface area contributed by atoms with Crippen LogP contribution in [0.1, 0.15) is 37.3 Å². The summed E-state index contributed by atoms with van der Waals surface area (Å²) in [7, 11) is 4.48. The zero-order chi connectivity index (χ0) is 20.6. The number of nitrogens with zero attached hydrogens (tertiary/aromatic N) is 2. The molecular weight excluding hydrogens is 364 g/mol. The Balaban J connectivity index is 1.48. The lowest BCUT2D eigenvalue weighted by atomic mass is 10.0. The van der Waals surface area contributed by atoms with E-state index in [9.17, 15) is 4.79 Å². The van der Waals surface area contributed by atoms with Crippen LogP contribution < -0.4 is 0 Å². The first kappa shape index (κ1) is 22.0. The van der Waals surface area contributed by atoms with Gasteiger partial charge >= 0.3 is 5.97 Å². The minimum atomic E-state index is -0.293. The van der Waals surface area contributed by atoms with E-state index in [0.29, 0.717) is 17.7 Å². The maximum absolute atomic E-state index is 13.1. The molecule has 0 aromatic heterocycles. The first-order valence-corrected chi connectivity index (χ1v) is 11.1. The average molecular weight is 403 g/mol. The number of hydrogen-bond acceptors (Lipinski definition) is 3. The van der Waals surface area contributed by atoms with Crippen molar-refractivity contribution in [2.24, 2.45) is 0 Å². The van der Waals surface area contributed by atoms with Crippen LogP contribution in [0.15, 0.2) is 42.5 Å². The van der Waals surface area contributed by atoms with Crippen LogP contribution in [0.4, 0.5) is 0 Å². The van der Waals surface area contributed by atoms with Gasteiger partial charge in [0.25, 0.3) is 0 Å². The third-order valence-electron chi connectivity index (χ3n) is 6.60. The monoisotopic (exact) mass is 402 g/mol. The van der Waals surface area contributed by atoms with Gasteiger partial charge in [-0.3, -0.25) is 0 Å². The van der Waals surface area contributed by atoms with E-state index < -0.39 is 0 Å². The highest BCUT2D eigenvalue weighted by molar-refractivity contribution is 5.76. The van der Waals surface area contributed by atoms with Crippen LogP contribution >= 0.6 is 0 Å². The van der Waals surface area contributed by atoms with Crippen molar-refractivity contribution in [2.75, 3.05) is 66.6 Å². The second-order valence-corrected chi connectivity index (χ2v) is 9.09. The summed E-state index contributed by atoms with van der Waals surface area (Å²) in [4.78, 5) is 13.1. The van der Waals surface area contributed by atoms with Gasteiger partial charge in [-0.1, -0.05) is 36.4 Å². The van der Waals surface area contributed by atoms with E-state index >= 15 is 0 Å². The van der Waals surface area contributed by atoms with E-state index in [0.717, 1.165) is 42.7 Å². The molecule has 0 spiro atoms. The standard InChI is InChI=1S/C24H38N2O3/c1-25(14-8-4-9-15-25)18-19-28-20-21-29-24(27)23(22-12-6-3-7-13-22)26(2)16-10-5-11-17-26/h3,5-7,10,12-13,23H,4,8-9,11,14-21H2,1-2H3/q+2. The molecule has 1 aromatic carbocycles. The Morgan fingerprint density at radius 2 is 1.72 bits per heavy atom. The van der Waals surface area contributed by atoms with Crippen LogP contribution in [-0.2, 0) is 14.3 Å². The topological polar surface area (TPSA) is 35.5 Å². The van der Waals surface area contributed by atoms with Gasteiger partial charge in [-0.15, -0.1) is 0 Å². The molecule has 2 aliphatic rings. The molecule has 2 unspecified atom stereocenters. The summed E-state index contributed by atoms with van der Waals surface area (Å²) < 4.78 is 13.3. The molecule has 1 fully saturated rings. The number of ether oxygens (including phenoxy) is 2. The number of rotatable bonds is 9. The number of hydrogen-bond donors (Lipinski definition) is 0. The van der Waals surface area contributed by atoms with E-state index in [1.54, 1.807) is 0 Å². The van der Waals surface area contributed by atoms with Crippen LogP contribution in [0.2, 0.25) is 0 Å². The van der Waals surface area contributed by atoms with Crippen molar-refractivity contribution in [3.05, 3.63) is 48.0 Å². The zero-order valence-corrected chi connectivity index (χ0v) is 18.2. The van der Waals surface area contributed by atoms with Gasteiger partial charge < -0.3 is 18.4 Å². The minimum Gasteiger partial charge on any atom is -0.459 e. The van der Waals surface area contributed by atoms with Crippen molar-refractivity contribution in [1.29, 1.82) is 0 Å². The SMILES string of the molecule is C[N+]1(CCOCCOC(=O)C(c2ccccc2)[N+]2(C)CC=CCC2)CCCCC1. The number of quaternary nitrogens is 2. The Labute approximate surface area is 176 Å². The van der Waals surface area contributed by atoms with E-state index in [1.165, 1.54) is 32.4 Å². The summed E-state index contributed by atoms with van der Waals surface area (Å²) in [6.45, 7) is 6.86. The minimum absolute atomic E-state index is 0.146. The molecule has 1 saturated heterocycles. The number of likely N-dealkylation sites (tertiary alicyclic amines) is 1. The predicted octanol–water partition coefficient (Wildman–Crippen LogP) is 3.32. The fourth-order valence-corrected chi connectivity index (χ4v) is 4.68. The third-order valence-corrected chi connectivity index (χ3v) is 6.60. The lowest BCUT2D eigenvalue weighted by Crippen LogP contribution is -2.52. The van der Waals surface area contributed by atoms with Gasteiger partial charge in [-0.05, 0) is 25.3 Å². The Morgan fingerprint density at radius 3 is 2.41 bits per heavy atom. The molecule has 3 rings (SSSR count). The molecule has 0 aliphatic carbocycles. The molecule has 0 N–H and O–H groups in total. The van der Waals surface area contributed by atoms with Crippen molar-refractivity contribution in [3.63, 3.8) is 0 Å².